The Bertz CT molecular complexity index is 486. The molecule has 0 aliphatic carbocycles. The van der Waals surface area contributed by atoms with Crippen LogP contribution in [0.25, 0.3) is 0 Å². The molecule has 1 aromatic carbocycles. The van der Waals surface area contributed by atoms with Gasteiger partial charge in [-0.3, -0.25) is 4.79 Å². The van der Waals surface area contributed by atoms with Crippen molar-refractivity contribution in [2.75, 3.05) is 24.6 Å². The second kappa shape index (κ2) is 10.2. The molecule has 1 aromatic rings. The predicted octanol–water partition coefficient (Wildman–Crippen LogP) is 2.60. The molecule has 0 aliphatic rings. The van der Waals surface area contributed by atoms with Crippen molar-refractivity contribution in [2.45, 2.75) is 32.8 Å². The summed E-state index contributed by atoms with van der Waals surface area (Å²) in [6.45, 7) is 6.58. The summed E-state index contributed by atoms with van der Waals surface area (Å²) in [5.74, 6) is 1.08. The first-order valence-corrected chi connectivity index (χ1v) is 8.87. The van der Waals surface area contributed by atoms with E-state index >= 15 is 0 Å². The van der Waals surface area contributed by atoms with E-state index in [0.717, 1.165) is 6.42 Å². The molecule has 0 saturated heterocycles. The van der Waals surface area contributed by atoms with E-state index in [9.17, 15) is 9.59 Å². The highest BCUT2D eigenvalue weighted by molar-refractivity contribution is 7.99. The molecule has 23 heavy (non-hydrogen) atoms. The van der Waals surface area contributed by atoms with Crippen LogP contribution in [0.4, 0.5) is 4.79 Å². The minimum atomic E-state index is -0.490. The van der Waals surface area contributed by atoms with Crippen LogP contribution >= 0.6 is 11.8 Å². The lowest BCUT2D eigenvalue weighted by atomic mass is 10.1. The molecule has 0 spiro atoms. The number of carbonyl (C=O) groups is 2. The molecule has 5 nitrogen and oxygen atoms in total. The van der Waals surface area contributed by atoms with Crippen molar-refractivity contribution in [3.63, 3.8) is 0 Å². The van der Waals surface area contributed by atoms with E-state index in [1.807, 2.05) is 51.1 Å². The molecular formula is C17H26N2O3S. The van der Waals surface area contributed by atoms with Crippen LogP contribution in [0.2, 0.25) is 0 Å². The first-order chi connectivity index (χ1) is 10.9. The third-order valence-electron chi connectivity index (χ3n) is 2.73. The minimum Gasteiger partial charge on any atom is -0.444 e. The zero-order chi connectivity index (χ0) is 17.1. The maximum absolute atomic E-state index is 11.7. The Balaban J connectivity index is 2.01. The summed E-state index contributed by atoms with van der Waals surface area (Å²) in [5.41, 5.74) is 0.720. The topological polar surface area (TPSA) is 67.4 Å². The highest BCUT2D eigenvalue weighted by atomic mass is 32.2. The third kappa shape index (κ3) is 10.6. The molecule has 2 amide bonds. The average Bonchev–Trinajstić information content (AvgIpc) is 2.46. The van der Waals surface area contributed by atoms with Crippen molar-refractivity contribution >= 4 is 23.8 Å². The summed E-state index contributed by atoms with van der Waals surface area (Å²) in [6.07, 6.45) is 0.405. The normalized spacial score (nSPS) is 10.9. The van der Waals surface area contributed by atoms with Crippen molar-refractivity contribution in [2.24, 2.45) is 0 Å². The van der Waals surface area contributed by atoms with Crippen LogP contribution in [0.15, 0.2) is 30.3 Å². The maximum Gasteiger partial charge on any atom is 0.407 e. The largest absolute Gasteiger partial charge is 0.444 e. The number of ether oxygens (including phenoxy) is 1. The lowest BCUT2D eigenvalue weighted by Crippen LogP contribution is -2.34. The van der Waals surface area contributed by atoms with Gasteiger partial charge >= 0.3 is 6.09 Å². The van der Waals surface area contributed by atoms with Crippen LogP contribution in [0, 0.1) is 0 Å². The highest BCUT2D eigenvalue weighted by Crippen LogP contribution is 2.06. The van der Waals surface area contributed by atoms with Crippen molar-refractivity contribution in [1.82, 2.24) is 10.6 Å². The van der Waals surface area contributed by atoms with Gasteiger partial charge in [-0.15, -0.1) is 0 Å². The zero-order valence-electron chi connectivity index (χ0n) is 14.1. The maximum atomic E-state index is 11.7. The molecule has 0 unspecified atom stereocenters. The molecule has 6 heteroatoms. The van der Waals surface area contributed by atoms with Crippen LogP contribution in [-0.4, -0.2) is 42.2 Å². The van der Waals surface area contributed by atoms with E-state index in [1.165, 1.54) is 17.3 Å². The van der Waals surface area contributed by atoms with E-state index in [1.54, 1.807) is 0 Å². The predicted molar refractivity (Wildman–Crippen MR) is 94.7 cm³/mol. The van der Waals surface area contributed by atoms with E-state index in [0.29, 0.717) is 24.6 Å². The molecule has 128 valence electrons. The Hall–Kier alpha value is -1.69. The zero-order valence-corrected chi connectivity index (χ0v) is 14.9. The quantitative estimate of drug-likeness (QED) is 0.715. The highest BCUT2D eigenvalue weighted by Gasteiger charge is 2.15. The van der Waals surface area contributed by atoms with Gasteiger partial charge in [0, 0.05) is 18.8 Å². The van der Waals surface area contributed by atoms with Gasteiger partial charge in [0.05, 0.1) is 5.75 Å². The Morgan fingerprint density at radius 1 is 1.09 bits per heavy atom. The Labute approximate surface area is 142 Å². The molecule has 0 fully saturated rings. The van der Waals surface area contributed by atoms with Crippen LogP contribution in [-0.2, 0) is 16.0 Å². The first-order valence-electron chi connectivity index (χ1n) is 7.72. The van der Waals surface area contributed by atoms with Crippen LogP contribution in [0.1, 0.15) is 26.3 Å². The van der Waals surface area contributed by atoms with Gasteiger partial charge in [-0.1, -0.05) is 30.3 Å². The van der Waals surface area contributed by atoms with Gasteiger partial charge in [0.25, 0.3) is 0 Å². The number of nitrogens with one attached hydrogen (secondary N) is 2. The first kappa shape index (κ1) is 19.4. The standard InChI is InChI=1S/C17H26N2O3S/c1-17(2,3)22-16(21)19-11-12-23-13-15(20)18-10-9-14-7-5-4-6-8-14/h4-8H,9-13H2,1-3H3,(H,18,20)(H,19,21). The second-order valence-corrected chi connectivity index (χ2v) is 7.17. The monoisotopic (exact) mass is 338 g/mol. The summed E-state index contributed by atoms with van der Waals surface area (Å²) in [7, 11) is 0. The molecule has 0 bridgehead atoms. The van der Waals surface area contributed by atoms with Crippen LogP contribution in [0.3, 0.4) is 0 Å². The summed E-state index contributed by atoms with van der Waals surface area (Å²) in [5, 5.41) is 5.55. The Morgan fingerprint density at radius 2 is 1.78 bits per heavy atom. The number of benzene rings is 1. The van der Waals surface area contributed by atoms with E-state index in [4.69, 9.17) is 4.74 Å². The number of alkyl carbamates (subject to hydrolysis) is 1. The number of amides is 2. The van der Waals surface area contributed by atoms with Gasteiger partial charge < -0.3 is 15.4 Å². The van der Waals surface area contributed by atoms with Crippen molar-refractivity contribution in [3.8, 4) is 0 Å². The smallest absolute Gasteiger partial charge is 0.407 e. The molecule has 0 aliphatic heterocycles. The van der Waals surface area contributed by atoms with Crippen LogP contribution in [0.5, 0.6) is 0 Å². The lowest BCUT2D eigenvalue weighted by molar-refractivity contribution is -0.118. The van der Waals surface area contributed by atoms with Crippen molar-refractivity contribution in [1.29, 1.82) is 0 Å². The molecule has 1 rings (SSSR count). The van der Waals surface area contributed by atoms with Gasteiger partial charge in [0.1, 0.15) is 5.60 Å². The fraction of sp³-hybridized carbons (Fsp3) is 0.529. The fourth-order valence-corrected chi connectivity index (χ4v) is 2.42. The van der Waals surface area contributed by atoms with E-state index in [2.05, 4.69) is 10.6 Å². The third-order valence-corrected chi connectivity index (χ3v) is 3.69. The molecule has 0 aromatic heterocycles. The van der Waals surface area contributed by atoms with E-state index < -0.39 is 11.7 Å². The number of thioether (sulfide) groups is 1. The molecule has 2 N–H and O–H groups in total. The van der Waals surface area contributed by atoms with Crippen molar-refractivity contribution < 1.29 is 14.3 Å². The van der Waals surface area contributed by atoms with Gasteiger partial charge in [-0.25, -0.2) is 4.79 Å². The van der Waals surface area contributed by atoms with Gasteiger partial charge in [-0.2, -0.15) is 11.8 Å². The summed E-state index contributed by atoms with van der Waals surface area (Å²) >= 11 is 1.49. The Kier molecular flexibility index (Phi) is 8.55. The Morgan fingerprint density at radius 3 is 2.43 bits per heavy atom. The molecule has 0 radical (unpaired) electrons. The van der Waals surface area contributed by atoms with E-state index in [-0.39, 0.29) is 5.91 Å². The number of hydrogen-bond donors (Lipinski definition) is 2. The van der Waals surface area contributed by atoms with Crippen molar-refractivity contribution in [3.05, 3.63) is 35.9 Å². The number of carbonyl (C=O) groups excluding carboxylic acids is 2. The molecular weight excluding hydrogens is 312 g/mol. The SMILES string of the molecule is CC(C)(C)OC(=O)NCCSCC(=O)NCCc1ccccc1. The van der Waals surface area contributed by atoms with Crippen LogP contribution < -0.4 is 10.6 Å². The molecule has 0 saturated carbocycles. The van der Waals surface area contributed by atoms with Gasteiger partial charge in [0.2, 0.25) is 5.91 Å². The van der Waals surface area contributed by atoms with Gasteiger partial charge in [0.15, 0.2) is 0 Å². The fourth-order valence-electron chi connectivity index (χ4n) is 1.75. The summed E-state index contributed by atoms with van der Waals surface area (Å²) < 4.78 is 5.12. The average molecular weight is 338 g/mol. The number of hydrogen-bond acceptors (Lipinski definition) is 4. The summed E-state index contributed by atoms with van der Waals surface area (Å²) in [6, 6.07) is 10.0. The second-order valence-electron chi connectivity index (χ2n) is 6.07. The molecule has 0 atom stereocenters. The summed E-state index contributed by atoms with van der Waals surface area (Å²) in [4.78, 5) is 23.1. The lowest BCUT2D eigenvalue weighted by Gasteiger charge is -2.19. The number of rotatable bonds is 8. The van der Waals surface area contributed by atoms with Gasteiger partial charge in [-0.05, 0) is 32.8 Å². The molecule has 0 heterocycles. The minimum absolute atomic E-state index is 0.0169.